The van der Waals surface area contributed by atoms with E-state index in [-0.39, 0.29) is 6.04 Å². The number of nitrogens with one attached hydrogen (secondary N) is 2. The molecule has 2 aliphatic heterocycles. The van der Waals surface area contributed by atoms with Gasteiger partial charge in [0.05, 0.1) is 6.04 Å². The zero-order valence-electron chi connectivity index (χ0n) is 18.1. The minimum Gasteiger partial charge on any atom is -0.374 e. The number of rotatable bonds is 5. The quantitative estimate of drug-likeness (QED) is 0.698. The number of likely N-dealkylation sites (tertiary alicyclic amines) is 1. The molecule has 2 aromatic rings. The highest BCUT2D eigenvalue weighted by atomic mass is 35.5. The van der Waals surface area contributed by atoms with Crippen LogP contribution in [0.4, 0.5) is 11.4 Å². The van der Waals surface area contributed by atoms with Gasteiger partial charge in [0.2, 0.25) is 0 Å². The summed E-state index contributed by atoms with van der Waals surface area (Å²) in [6.45, 7) is 5.33. The Bertz CT molecular complexity index is 988. The average molecular weight is 441 g/mol. The van der Waals surface area contributed by atoms with Crippen LogP contribution in [0.1, 0.15) is 35.6 Å². The highest BCUT2D eigenvalue weighted by Gasteiger charge is 2.27. The predicted octanol–water partition coefficient (Wildman–Crippen LogP) is 3.53. The first kappa shape index (κ1) is 21.7. The molecule has 2 N–H and O–H groups in total. The zero-order valence-corrected chi connectivity index (χ0v) is 18.8. The van der Waals surface area contributed by atoms with Gasteiger partial charge < -0.3 is 15.5 Å². The summed E-state index contributed by atoms with van der Waals surface area (Å²) in [7, 11) is 2.11. The summed E-state index contributed by atoms with van der Waals surface area (Å²) in [6.07, 6.45) is 3.36. The Morgan fingerprint density at radius 1 is 1.06 bits per heavy atom. The van der Waals surface area contributed by atoms with Crippen LogP contribution in [0, 0.1) is 6.92 Å². The van der Waals surface area contributed by atoms with Crippen molar-refractivity contribution in [2.24, 2.45) is 0 Å². The largest absolute Gasteiger partial charge is 0.374 e. The fourth-order valence-corrected chi connectivity index (χ4v) is 4.61. The molecular weight excluding hydrogens is 412 g/mol. The van der Waals surface area contributed by atoms with Crippen molar-refractivity contribution in [2.45, 2.75) is 32.2 Å². The number of amides is 2. The maximum absolute atomic E-state index is 12.5. The Balaban J connectivity index is 1.43. The molecule has 2 aromatic carbocycles. The Kier molecular flexibility index (Phi) is 6.49. The molecule has 1 fully saturated rings. The van der Waals surface area contributed by atoms with E-state index in [1.54, 1.807) is 12.1 Å². The second-order valence-corrected chi connectivity index (χ2v) is 8.85. The molecule has 1 saturated heterocycles. The normalized spacial score (nSPS) is 16.8. The summed E-state index contributed by atoms with van der Waals surface area (Å²) >= 11 is 6.11. The molecule has 2 amide bonds. The SMILES string of the molecule is Cc1ccc(NC(=O)C(=O)NCC(c2ccc3c(c2)CCN3C)N2CCCC2)cc1Cl. The van der Waals surface area contributed by atoms with Crippen LogP contribution >= 0.6 is 11.6 Å². The Hall–Kier alpha value is -2.57. The molecular formula is C24H29ClN4O2. The molecule has 0 aliphatic carbocycles. The third-order valence-electron chi connectivity index (χ3n) is 6.29. The van der Waals surface area contributed by atoms with Gasteiger partial charge in [0.1, 0.15) is 0 Å². The molecule has 0 bridgehead atoms. The van der Waals surface area contributed by atoms with Crippen LogP contribution in [0.25, 0.3) is 0 Å². The first-order valence-electron chi connectivity index (χ1n) is 10.9. The molecule has 1 unspecified atom stereocenters. The molecule has 1 atom stereocenters. The summed E-state index contributed by atoms with van der Waals surface area (Å²) in [5.74, 6) is -1.32. The van der Waals surface area contributed by atoms with Crippen molar-refractivity contribution in [3.8, 4) is 0 Å². The fraction of sp³-hybridized carbons (Fsp3) is 0.417. The van der Waals surface area contributed by atoms with Gasteiger partial charge in [-0.1, -0.05) is 29.8 Å². The van der Waals surface area contributed by atoms with Gasteiger partial charge in [-0.25, -0.2) is 0 Å². The number of aryl methyl sites for hydroxylation is 1. The van der Waals surface area contributed by atoms with E-state index in [2.05, 4.69) is 45.7 Å². The minimum absolute atomic E-state index is 0.0595. The van der Waals surface area contributed by atoms with Crippen LogP contribution in [0.15, 0.2) is 36.4 Å². The van der Waals surface area contributed by atoms with E-state index in [1.807, 2.05) is 13.0 Å². The van der Waals surface area contributed by atoms with Gasteiger partial charge in [-0.3, -0.25) is 14.5 Å². The number of likely N-dealkylation sites (N-methyl/N-ethyl adjacent to an activating group) is 1. The molecule has 7 heteroatoms. The molecule has 6 nitrogen and oxygen atoms in total. The predicted molar refractivity (Wildman–Crippen MR) is 125 cm³/mol. The Morgan fingerprint density at radius 2 is 1.84 bits per heavy atom. The molecule has 164 valence electrons. The van der Waals surface area contributed by atoms with E-state index in [0.717, 1.165) is 44.5 Å². The van der Waals surface area contributed by atoms with Gasteiger partial charge >= 0.3 is 11.8 Å². The minimum atomic E-state index is -0.685. The van der Waals surface area contributed by atoms with Crippen LogP contribution in [0.3, 0.4) is 0 Å². The van der Waals surface area contributed by atoms with Crippen molar-refractivity contribution in [3.05, 3.63) is 58.1 Å². The first-order chi connectivity index (χ1) is 14.9. The van der Waals surface area contributed by atoms with Crippen molar-refractivity contribution in [1.29, 1.82) is 0 Å². The van der Waals surface area contributed by atoms with E-state index >= 15 is 0 Å². The maximum Gasteiger partial charge on any atom is 0.313 e. The number of carbonyl (C=O) groups excluding carboxylic acids is 2. The Morgan fingerprint density at radius 3 is 2.58 bits per heavy atom. The summed E-state index contributed by atoms with van der Waals surface area (Å²) < 4.78 is 0. The third kappa shape index (κ3) is 4.86. The van der Waals surface area contributed by atoms with Gasteiger partial charge in [0, 0.05) is 36.5 Å². The lowest BCUT2D eigenvalue weighted by molar-refractivity contribution is -0.136. The van der Waals surface area contributed by atoms with Crippen molar-refractivity contribution in [2.75, 3.05) is 43.4 Å². The monoisotopic (exact) mass is 440 g/mol. The van der Waals surface area contributed by atoms with E-state index < -0.39 is 11.8 Å². The highest BCUT2D eigenvalue weighted by Crippen LogP contribution is 2.32. The third-order valence-corrected chi connectivity index (χ3v) is 6.70. The number of halogens is 1. The standard InChI is InChI=1S/C24H29ClN4O2/c1-16-5-7-19(14-20(16)25)27-24(31)23(30)26-15-22(29-10-3-4-11-29)17-6-8-21-18(13-17)9-12-28(21)2/h5-8,13-14,22H,3-4,9-12,15H2,1-2H3,(H,26,30)(H,27,31). The van der Waals surface area contributed by atoms with Crippen LogP contribution < -0.4 is 15.5 Å². The Labute approximate surface area is 188 Å². The number of hydrogen-bond acceptors (Lipinski definition) is 4. The van der Waals surface area contributed by atoms with Crippen LogP contribution in [0.5, 0.6) is 0 Å². The summed E-state index contributed by atoms with van der Waals surface area (Å²) in [4.78, 5) is 29.6. The van der Waals surface area contributed by atoms with Crippen molar-refractivity contribution < 1.29 is 9.59 Å². The number of carbonyl (C=O) groups is 2. The van der Waals surface area contributed by atoms with Crippen LogP contribution in [-0.2, 0) is 16.0 Å². The van der Waals surface area contributed by atoms with Gasteiger partial charge in [-0.15, -0.1) is 0 Å². The van der Waals surface area contributed by atoms with E-state index in [4.69, 9.17) is 11.6 Å². The summed E-state index contributed by atoms with van der Waals surface area (Å²) in [6, 6.07) is 11.9. The van der Waals surface area contributed by atoms with E-state index in [0.29, 0.717) is 17.3 Å². The molecule has 0 spiro atoms. The molecule has 4 rings (SSSR count). The number of benzene rings is 2. The fourth-order valence-electron chi connectivity index (χ4n) is 4.43. The first-order valence-corrected chi connectivity index (χ1v) is 11.2. The highest BCUT2D eigenvalue weighted by molar-refractivity contribution is 6.39. The van der Waals surface area contributed by atoms with Gasteiger partial charge in [-0.2, -0.15) is 0 Å². The second-order valence-electron chi connectivity index (χ2n) is 8.45. The lowest BCUT2D eigenvalue weighted by Gasteiger charge is -2.28. The number of nitrogens with zero attached hydrogens (tertiary/aromatic N) is 2. The zero-order chi connectivity index (χ0) is 22.0. The second kappa shape index (κ2) is 9.28. The van der Waals surface area contributed by atoms with Gasteiger partial charge in [0.15, 0.2) is 0 Å². The average Bonchev–Trinajstić information content (AvgIpc) is 3.41. The molecule has 2 heterocycles. The van der Waals surface area contributed by atoms with Gasteiger partial charge in [-0.05, 0) is 74.2 Å². The van der Waals surface area contributed by atoms with Crippen molar-refractivity contribution in [1.82, 2.24) is 10.2 Å². The van der Waals surface area contributed by atoms with Crippen LogP contribution in [-0.4, -0.2) is 49.9 Å². The molecule has 0 saturated carbocycles. The lowest BCUT2D eigenvalue weighted by Crippen LogP contribution is -2.41. The van der Waals surface area contributed by atoms with Crippen molar-refractivity contribution >= 4 is 34.8 Å². The molecule has 31 heavy (non-hydrogen) atoms. The van der Waals surface area contributed by atoms with Gasteiger partial charge in [0.25, 0.3) is 0 Å². The van der Waals surface area contributed by atoms with Crippen LogP contribution in [0.2, 0.25) is 5.02 Å². The summed E-state index contributed by atoms with van der Waals surface area (Å²) in [5, 5.41) is 6.02. The topological polar surface area (TPSA) is 64.7 Å². The molecule has 0 radical (unpaired) electrons. The van der Waals surface area contributed by atoms with Crippen molar-refractivity contribution in [3.63, 3.8) is 0 Å². The van der Waals surface area contributed by atoms with E-state index in [9.17, 15) is 9.59 Å². The number of hydrogen-bond donors (Lipinski definition) is 2. The molecule has 0 aromatic heterocycles. The molecule has 2 aliphatic rings. The lowest BCUT2D eigenvalue weighted by atomic mass is 10.0. The maximum atomic E-state index is 12.5. The smallest absolute Gasteiger partial charge is 0.313 e. The van der Waals surface area contributed by atoms with E-state index in [1.165, 1.54) is 16.8 Å². The number of fused-ring (bicyclic) bond motifs is 1. The summed E-state index contributed by atoms with van der Waals surface area (Å²) in [5.41, 5.74) is 5.25. The number of anilines is 2.